The van der Waals surface area contributed by atoms with Crippen molar-refractivity contribution in [2.75, 3.05) is 0 Å². The van der Waals surface area contributed by atoms with E-state index in [1.165, 1.54) is 0 Å². The van der Waals surface area contributed by atoms with Crippen LogP contribution in [0, 0.1) is 16.7 Å². The van der Waals surface area contributed by atoms with Crippen molar-refractivity contribution in [1.29, 1.82) is 0 Å². The van der Waals surface area contributed by atoms with Gasteiger partial charge in [0, 0.05) is 5.92 Å². The second kappa shape index (κ2) is 4.13. The average Bonchev–Trinajstić information content (AvgIpc) is 2.98. The molecule has 3 atom stereocenters. The Labute approximate surface area is 128 Å². The Bertz CT molecular complexity index is 702. The molecule has 0 radical (unpaired) electrons. The van der Waals surface area contributed by atoms with E-state index < -0.39 is 0 Å². The number of ketones is 1. The number of imidazole rings is 1. The number of nitrogens with zero attached hydrogens (tertiary/aromatic N) is 1. The van der Waals surface area contributed by atoms with Gasteiger partial charge in [0.2, 0.25) is 0 Å². The molecule has 2 aromatic rings. The molecule has 1 heterocycles. The summed E-state index contributed by atoms with van der Waals surface area (Å²) in [5.41, 5.74) is 2.20. The molecule has 21 heavy (non-hydrogen) atoms. The molecule has 2 aliphatic carbocycles. The molecular formula is C17H20N2OS. The minimum Gasteiger partial charge on any atom is -0.333 e. The number of aromatic nitrogens is 2. The van der Waals surface area contributed by atoms with E-state index in [1.54, 1.807) is 11.8 Å². The number of Topliss-reactive ketones (excluding diaryl/α,β-unsaturated/α-hetero) is 1. The van der Waals surface area contributed by atoms with Crippen molar-refractivity contribution in [2.24, 2.45) is 16.7 Å². The molecule has 4 rings (SSSR count). The van der Waals surface area contributed by atoms with Gasteiger partial charge in [0.25, 0.3) is 0 Å². The summed E-state index contributed by atoms with van der Waals surface area (Å²) in [6.45, 7) is 6.82. The number of carbonyl (C=O) groups excluding carboxylic acids is 1. The number of aromatic amines is 1. The van der Waals surface area contributed by atoms with Crippen LogP contribution < -0.4 is 0 Å². The highest BCUT2D eigenvalue weighted by molar-refractivity contribution is 8.00. The lowest BCUT2D eigenvalue weighted by molar-refractivity contribution is -0.122. The third kappa shape index (κ3) is 1.62. The maximum atomic E-state index is 12.7. The summed E-state index contributed by atoms with van der Waals surface area (Å²) in [5.74, 6) is 0.656. The monoisotopic (exact) mass is 300 g/mol. The molecule has 3 nitrogen and oxygen atoms in total. The lowest BCUT2D eigenvalue weighted by atomic mass is 9.71. The molecule has 1 aromatic carbocycles. The second-order valence-electron chi connectivity index (χ2n) is 7.19. The molecule has 2 fully saturated rings. The zero-order valence-electron chi connectivity index (χ0n) is 12.6. The fraction of sp³-hybridized carbons (Fsp3) is 0.529. The van der Waals surface area contributed by atoms with Gasteiger partial charge in [0.15, 0.2) is 5.16 Å². The first-order valence-electron chi connectivity index (χ1n) is 7.59. The van der Waals surface area contributed by atoms with Crippen LogP contribution in [0.1, 0.15) is 33.6 Å². The minimum absolute atomic E-state index is 0.0341. The van der Waals surface area contributed by atoms with Crippen LogP contribution in [-0.2, 0) is 4.79 Å². The molecule has 1 aromatic heterocycles. The van der Waals surface area contributed by atoms with E-state index in [4.69, 9.17) is 0 Å². The number of thioether (sulfide) groups is 1. The quantitative estimate of drug-likeness (QED) is 0.910. The molecule has 0 amide bonds. The fourth-order valence-electron chi connectivity index (χ4n) is 4.27. The van der Waals surface area contributed by atoms with E-state index in [1.807, 2.05) is 24.3 Å². The number of H-pyrrole nitrogens is 1. The van der Waals surface area contributed by atoms with Gasteiger partial charge in [0.05, 0.1) is 16.3 Å². The third-order valence-electron chi connectivity index (χ3n) is 6.07. The molecule has 0 spiro atoms. The molecular weight excluding hydrogens is 280 g/mol. The highest BCUT2D eigenvalue weighted by Crippen LogP contribution is 2.67. The van der Waals surface area contributed by atoms with Crippen LogP contribution >= 0.6 is 11.8 Å². The first kappa shape index (κ1) is 13.4. The molecule has 1 N–H and O–H groups in total. The van der Waals surface area contributed by atoms with E-state index in [0.717, 1.165) is 29.0 Å². The number of fused-ring (bicyclic) bond motifs is 3. The average molecular weight is 300 g/mol. The van der Waals surface area contributed by atoms with Gasteiger partial charge in [-0.25, -0.2) is 4.98 Å². The molecule has 4 heteroatoms. The molecule has 0 saturated heterocycles. The number of nitrogens with one attached hydrogen (secondary N) is 1. The number of benzene rings is 1. The van der Waals surface area contributed by atoms with Crippen molar-refractivity contribution >= 4 is 28.6 Å². The Morgan fingerprint density at radius 2 is 2.05 bits per heavy atom. The molecule has 2 saturated carbocycles. The van der Waals surface area contributed by atoms with E-state index >= 15 is 0 Å². The first-order chi connectivity index (χ1) is 9.93. The zero-order valence-corrected chi connectivity index (χ0v) is 13.5. The molecule has 2 aliphatic rings. The number of hydrogen-bond donors (Lipinski definition) is 1. The smallest absolute Gasteiger partial charge is 0.167 e. The Morgan fingerprint density at radius 3 is 2.71 bits per heavy atom. The van der Waals surface area contributed by atoms with Crippen molar-refractivity contribution in [3.8, 4) is 0 Å². The largest absolute Gasteiger partial charge is 0.333 e. The van der Waals surface area contributed by atoms with Gasteiger partial charge in [0.1, 0.15) is 5.78 Å². The lowest BCUT2D eigenvalue weighted by Crippen LogP contribution is -2.35. The van der Waals surface area contributed by atoms with Gasteiger partial charge in [-0.05, 0) is 35.8 Å². The molecule has 110 valence electrons. The van der Waals surface area contributed by atoms with Gasteiger partial charge >= 0.3 is 0 Å². The summed E-state index contributed by atoms with van der Waals surface area (Å²) >= 11 is 1.63. The predicted octanol–water partition coefficient (Wildman–Crippen LogP) is 4.05. The third-order valence-corrected chi connectivity index (χ3v) is 7.48. The Hall–Kier alpha value is -1.29. The topological polar surface area (TPSA) is 45.8 Å². The van der Waals surface area contributed by atoms with E-state index in [2.05, 4.69) is 30.7 Å². The van der Waals surface area contributed by atoms with Crippen LogP contribution in [-0.4, -0.2) is 21.0 Å². The lowest BCUT2D eigenvalue weighted by Gasteiger charge is -2.37. The highest BCUT2D eigenvalue weighted by atomic mass is 32.2. The van der Waals surface area contributed by atoms with Crippen molar-refractivity contribution in [1.82, 2.24) is 9.97 Å². The Balaban J connectivity index is 1.70. The summed E-state index contributed by atoms with van der Waals surface area (Å²) in [4.78, 5) is 20.7. The molecule has 0 aliphatic heterocycles. The van der Waals surface area contributed by atoms with Gasteiger partial charge in [-0.3, -0.25) is 4.79 Å². The maximum absolute atomic E-state index is 12.7. The van der Waals surface area contributed by atoms with Crippen LogP contribution in [0.4, 0.5) is 0 Å². The fourth-order valence-corrected chi connectivity index (χ4v) is 5.78. The maximum Gasteiger partial charge on any atom is 0.167 e. The zero-order chi connectivity index (χ0) is 14.8. The number of hydrogen-bond acceptors (Lipinski definition) is 3. The summed E-state index contributed by atoms with van der Waals surface area (Å²) in [7, 11) is 0. The van der Waals surface area contributed by atoms with Crippen molar-refractivity contribution in [3.63, 3.8) is 0 Å². The van der Waals surface area contributed by atoms with Crippen LogP contribution in [0.15, 0.2) is 29.4 Å². The number of para-hydroxylation sites is 2. The second-order valence-corrected chi connectivity index (χ2v) is 8.28. The van der Waals surface area contributed by atoms with Crippen LogP contribution in [0.25, 0.3) is 11.0 Å². The molecule has 2 bridgehead atoms. The summed E-state index contributed by atoms with van der Waals surface area (Å²) in [6, 6.07) is 8.03. The number of rotatable bonds is 2. The first-order valence-corrected chi connectivity index (χ1v) is 8.46. The van der Waals surface area contributed by atoms with Crippen molar-refractivity contribution in [3.05, 3.63) is 24.3 Å². The normalized spacial score (nSPS) is 34.0. The van der Waals surface area contributed by atoms with Crippen LogP contribution in [0.3, 0.4) is 0 Å². The van der Waals surface area contributed by atoms with Crippen molar-refractivity contribution in [2.45, 2.75) is 44.0 Å². The highest BCUT2D eigenvalue weighted by Gasteiger charge is 2.66. The Kier molecular flexibility index (Phi) is 2.63. The van der Waals surface area contributed by atoms with Gasteiger partial charge in [-0.2, -0.15) is 0 Å². The van der Waals surface area contributed by atoms with Crippen LogP contribution in [0.5, 0.6) is 0 Å². The van der Waals surface area contributed by atoms with Gasteiger partial charge in [-0.15, -0.1) is 0 Å². The summed E-state index contributed by atoms with van der Waals surface area (Å²) in [6.07, 6.45) is 2.20. The van der Waals surface area contributed by atoms with E-state index in [-0.39, 0.29) is 22.0 Å². The minimum atomic E-state index is 0.0341. The van der Waals surface area contributed by atoms with Gasteiger partial charge in [-0.1, -0.05) is 44.7 Å². The number of carbonyl (C=O) groups is 1. The van der Waals surface area contributed by atoms with Crippen molar-refractivity contribution < 1.29 is 4.79 Å². The SMILES string of the molecule is CC1(C)[C@@H]2CC[C@]1(C)[C@H](Sc1nc3ccccc3[nH]1)C2=O. The summed E-state index contributed by atoms with van der Waals surface area (Å²) < 4.78 is 0. The van der Waals surface area contributed by atoms with Crippen LogP contribution in [0.2, 0.25) is 0 Å². The van der Waals surface area contributed by atoms with Gasteiger partial charge < -0.3 is 4.98 Å². The molecule has 0 unspecified atom stereocenters. The van der Waals surface area contributed by atoms with E-state index in [9.17, 15) is 4.79 Å². The Morgan fingerprint density at radius 1 is 1.29 bits per heavy atom. The van der Waals surface area contributed by atoms with E-state index in [0.29, 0.717) is 5.78 Å². The standard InChI is InChI=1S/C17H20N2OS/c1-16(2)10-8-9-17(16,3)14(13(10)20)21-15-18-11-6-4-5-7-12(11)19-15/h4-7,10,14H,8-9H2,1-3H3,(H,18,19)/t10-,14-,17-/m1/s1. The summed E-state index contributed by atoms with van der Waals surface area (Å²) in [5, 5.41) is 0.908. The predicted molar refractivity (Wildman–Crippen MR) is 85.4 cm³/mol.